The van der Waals surface area contributed by atoms with Crippen molar-refractivity contribution >= 4 is 22.7 Å². The van der Waals surface area contributed by atoms with Crippen molar-refractivity contribution in [2.45, 2.75) is 12.8 Å². The maximum absolute atomic E-state index is 12.5. The van der Waals surface area contributed by atoms with Crippen LogP contribution in [0.1, 0.15) is 17.0 Å². The van der Waals surface area contributed by atoms with Crippen molar-refractivity contribution in [3.63, 3.8) is 0 Å². The zero-order valence-electron chi connectivity index (χ0n) is 15.4. The number of carbonyl (C=O) groups is 1. The summed E-state index contributed by atoms with van der Waals surface area (Å²) in [6.45, 7) is 0.228. The molecular weight excluding hydrogens is 370 g/mol. The second-order valence-electron chi connectivity index (χ2n) is 6.73. The number of rotatable bonds is 5. The molecule has 3 aromatic carbocycles. The molecule has 1 aromatic heterocycles. The Morgan fingerprint density at radius 3 is 2.79 bits per heavy atom. The molecule has 7 heteroatoms. The van der Waals surface area contributed by atoms with E-state index in [0.717, 1.165) is 27.6 Å². The van der Waals surface area contributed by atoms with Gasteiger partial charge >= 0.3 is 6.01 Å². The summed E-state index contributed by atoms with van der Waals surface area (Å²) in [4.78, 5) is 12.5. The Bertz CT molecular complexity index is 1200. The highest BCUT2D eigenvalue weighted by molar-refractivity contribution is 5.95. The van der Waals surface area contributed by atoms with Gasteiger partial charge in [-0.3, -0.25) is 10.1 Å². The van der Waals surface area contributed by atoms with Gasteiger partial charge < -0.3 is 13.9 Å². The summed E-state index contributed by atoms with van der Waals surface area (Å²) in [7, 11) is 0. The Morgan fingerprint density at radius 1 is 0.966 bits per heavy atom. The van der Waals surface area contributed by atoms with E-state index in [9.17, 15) is 4.79 Å². The molecule has 1 aliphatic rings. The number of amides is 1. The molecule has 144 valence electrons. The van der Waals surface area contributed by atoms with E-state index in [1.165, 1.54) is 0 Å². The van der Waals surface area contributed by atoms with E-state index in [4.69, 9.17) is 13.9 Å². The van der Waals surface area contributed by atoms with Crippen LogP contribution in [0.3, 0.4) is 0 Å². The molecule has 0 spiro atoms. The summed E-state index contributed by atoms with van der Waals surface area (Å²) in [5.74, 6) is 1.62. The van der Waals surface area contributed by atoms with Gasteiger partial charge in [-0.15, -0.1) is 5.10 Å². The zero-order chi connectivity index (χ0) is 19.6. The number of ether oxygens (including phenoxy) is 2. The summed E-state index contributed by atoms with van der Waals surface area (Å²) in [5, 5.41) is 12.8. The molecule has 0 radical (unpaired) electrons. The quantitative estimate of drug-likeness (QED) is 0.562. The van der Waals surface area contributed by atoms with Crippen molar-refractivity contribution in [3.8, 4) is 11.5 Å². The first-order valence-corrected chi connectivity index (χ1v) is 9.22. The zero-order valence-corrected chi connectivity index (χ0v) is 15.4. The molecule has 1 N–H and O–H groups in total. The van der Waals surface area contributed by atoms with Gasteiger partial charge in [0.1, 0.15) is 0 Å². The van der Waals surface area contributed by atoms with Crippen LogP contribution in [0.25, 0.3) is 10.8 Å². The monoisotopic (exact) mass is 387 g/mol. The number of nitrogens with zero attached hydrogens (tertiary/aromatic N) is 2. The lowest BCUT2D eigenvalue weighted by Gasteiger charge is -2.05. The van der Waals surface area contributed by atoms with E-state index in [2.05, 4.69) is 15.5 Å². The molecule has 29 heavy (non-hydrogen) atoms. The molecule has 2 heterocycles. The fourth-order valence-electron chi connectivity index (χ4n) is 3.38. The van der Waals surface area contributed by atoms with Crippen LogP contribution in [0.15, 0.2) is 65.1 Å². The second kappa shape index (κ2) is 7.27. The highest BCUT2D eigenvalue weighted by Gasteiger charge is 2.16. The fourth-order valence-corrected chi connectivity index (χ4v) is 3.38. The molecule has 1 aliphatic heterocycles. The van der Waals surface area contributed by atoms with Crippen LogP contribution in [0.5, 0.6) is 11.5 Å². The summed E-state index contributed by atoms with van der Waals surface area (Å²) in [5.41, 5.74) is 1.90. The molecule has 4 aromatic rings. The van der Waals surface area contributed by atoms with E-state index in [1.807, 2.05) is 60.7 Å². The maximum Gasteiger partial charge on any atom is 0.322 e. The molecule has 0 unspecified atom stereocenters. The Morgan fingerprint density at radius 2 is 1.83 bits per heavy atom. The molecule has 5 rings (SSSR count). The van der Waals surface area contributed by atoms with Crippen molar-refractivity contribution in [2.24, 2.45) is 0 Å². The highest BCUT2D eigenvalue weighted by Crippen LogP contribution is 2.33. The lowest BCUT2D eigenvalue weighted by atomic mass is 10.0. The first-order valence-electron chi connectivity index (χ1n) is 9.22. The average Bonchev–Trinajstić information content (AvgIpc) is 3.37. The molecule has 0 saturated heterocycles. The summed E-state index contributed by atoms with van der Waals surface area (Å²) >= 11 is 0. The molecular formula is C22H17N3O4. The van der Waals surface area contributed by atoms with Gasteiger partial charge in [0, 0.05) is 0 Å². The fraction of sp³-hybridized carbons (Fsp3) is 0.136. The molecule has 0 aliphatic carbocycles. The minimum atomic E-state index is -0.209. The van der Waals surface area contributed by atoms with Crippen LogP contribution < -0.4 is 14.8 Å². The van der Waals surface area contributed by atoms with Crippen molar-refractivity contribution in [2.75, 3.05) is 12.1 Å². The van der Waals surface area contributed by atoms with Gasteiger partial charge in [0.2, 0.25) is 18.6 Å². The number of benzene rings is 3. The SMILES string of the molecule is O=C(Cc1cccc2ccccc12)Nc1nnc(Cc2ccc3c(c2)OCO3)o1. The number of fused-ring (bicyclic) bond motifs is 2. The Hall–Kier alpha value is -3.87. The molecule has 0 atom stereocenters. The number of hydrogen-bond donors (Lipinski definition) is 1. The Kier molecular flexibility index (Phi) is 4.32. The lowest BCUT2D eigenvalue weighted by molar-refractivity contribution is -0.115. The van der Waals surface area contributed by atoms with Gasteiger partial charge in [-0.1, -0.05) is 53.6 Å². The largest absolute Gasteiger partial charge is 0.454 e. The number of nitrogens with one attached hydrogen (secondary N) is 1. The molecule has 0 bridgehead atoms. The van der Waals surface area contributed by atoms with Crippen molar-refractivity contribution < 1.29 is 18.7 Å². The van der Waals surface area contributed by atoms with E-state index in [1.54, 1.807) is 0 Å². The van der Waals surface area contributed by atoms with Gasteiger partial charge in [-0.2, -0.15) is 0 Å². The van der Waals surface area contributed by atoms with Gasteiger partial charge in [-0.25, -0.2) is 0 Å². The van der Waals surface area contributed by atoms with Crippen LogP contribution in [-0.4, -0.2) is 22.9 Å². The van der Waals surface area contributed by atoms with E-state index in [-0.39, 0.29) is 25.1 Å². The molecule has 0 fully saturated rings. The Labute approximate surface area is 166 Å². The summed E-state index contributed by atoms with van der Waals surface area (Å²) in [6.07, 6.45) is 0.657. The predicted octanol–water partition coefficient (Wildman–Crippen LogP) is 3.72. The van der Waals surface area contributed by atoms with E-state index >= 15 is 0 Å². The first-order chi connectivity index (χ1) is 14.2. The lowest BCUT2D eigenvalue weighted by Crippen LogP contribution is -2.14. The number of anilines is 1. The third kappa shape index (κ3) is 3.62. The minimum absolute atomic E-state index is 0.0889. The summed E-state index contributed by atoms with van der Waals surface area (Å²) < 4.78 is 16.3. The van der Waals surface area contributed by atoms with E-state index in [0.29, 0.717) is 18.1 Å². The van der Waals surface area contributed by atoms with Crippen LogP contribution in [0.4, 0.5) is 6.01 Å². The van der Waals surface area contributed by atoms with Crippen molar-refractivity contribution in [1.82, 2.24) is 10.2 Å². The molecule has 1 amide bonds. The first kappa shape index (κ1) is 17.2. The van der Waals surface area contributed by atoms with Crippen LogP contribution in [0, 0.1) is 0 Å². The van der Waals surface area contributed by atoms with Crippen molar-refractivity contribution in [3.05, 3.63) is 77.7 Å². The Balaban J connectivity index is 1.25. The average molecular weight is 387 g/mol. The number of aromatic nitrogens is 2. The topological polar surface area (TPSA) is 86.5 Å². The highest BCUT2D eigenvalue weighted by atomic mass is 16.7. The van der Waals surface area contributed by atoms with Crippen molar-refractivity contribution in [1.29, 1.82) is 0 Å². The van der Waals surface area contributed by atoms with Crippen LogP contribution in [-0.2, 0) is 17.6 Å². The van der Waals surface area contributed by atoms with Gasteiger partial charge in [0.25, 0.3) is 0 Å². The van der Waals surface area contributed by atoms with Gasteiger partial charge in [0.05, 0.1) is 12.8 Å². The second-order valence-corrected chi connectivity index (χ2v) is 6.73. The third-order valence-corrected chi connectivity index (χ3v) is 4.74. The van der Waals surface area contributed by atoms with Gasteiger partial charge in [-0.05, 0) is 34.0 Å². The normalized spacial score (nSPS) is 12.3. The standard InChI is InChI=1S/C22H17N3O4/c26-20(12-16-6-3-5-15-4-1-2-7-17(15)16)23-22-25-24-21(29-22)11-14-8-9-18-19(10-14)28-13-27-18/h1-10H,11-13H2,(H,23,25,26). The number of hydrogen-bond acceptors (Lipinski definition) is 6. The minimum Gasteiger partial charge on any atom is -0.454 e. The molecule has 0 saturated carbocycles. The van der Waals surface area contributed by atoms with Crippen LogP contribution in [0.2, 0.25) is 0 Å². The van der Waals surface area contributed by atoms with Crippen LogP contribution >= 0.6 is 0 Å². The predicted molar refractivity (Wildman–Crippen MR) is 106 cm³/mol. The third-order valence-electron chi connectivity index (χ3n) is 4.74. The maximum atomic E-state index is 12.5. The van der Waals surface area contributed by atoms with Gasteiger partial charge in [0.15, 0.2) is 11.5 Å². The smallest absolute Gasteiger partial charge is 0.322 e. The molecule has 7 nitrogen and oxygen atoms in total. The number of carbonyl (C=O) groups excluding carboxylic acids is 1. The van der Waals surface area contributed by atoms with E-state index < -0.39 is 0 Å². The summed E-state index contributed by atoms with van der Waals surface area (Å²) in [6, 6.07) is 19.6.